The molecule has 0 aliphatic heterocycles. The Bertz CT molecular complexity index is 382. The van der Waals surface area contributed by atoms with Gasteiger partial charge in [-0.1, -0.05) is 6.42 Å². The highest BCUT2D eigenvalue weighted by molar-refractivity contribution is 5.08. The maximum Gasteiger partial charge on any atom is 0.154 e. The van der Waals surface area contributed by atoms with Crippen molar-refractivity contribution in [3.05, 3.63) is 11.6 Å². The molecule has 3 rings (SSSR count). The van der Waals surface area contributed by atoms with Crippen LogP contribution in [0.25, 0.3) is 0 Å². The highest BCUT2D eigenvalue weighted by Gasteiger charge is 2.37. The highest BCUT2D eigenvalue weighted by atomic mass is 15.3. The van der Waals surface area contributed by atoms with Gasteiger partial charge >= 0.3 is 0 Å². The Labute approximate surface area is 96.2 Å². The van der Waals surface area contributed by atoms with E-state index < -0.39 is 0 Å². The Morgan fingerprint density at radius 3 is 2.69 bits per heavy atom. The van der Waals surface area contributed by atoms with Crippen LogP contribution in [0, 0.1) is 5.41 Å². The first-order valence-corrected chi connectivity index (χ1v) is 6.32. The zero-order valence-electron chi connectivity index (χ0n) is 9.95. The van der Waals surface area contributed by atoms with E-state index in [-0.39, 0.29) is 0 Å². The molecule has 2 saturated carbocycles. The van der Waals surface area contributed by atoms with E-state index in [4.69, 9.17) is 5.73 Å². The largest absolute Gasteiger partial charge is 0.330 e. The van der Waals surface area contributed by atoms with Crippen LogP contribution in [0.15, 0.2) is 0 Å². The lowest BCUT2D eigenvalue weighted by molar-refractivity contribution is 0.140. The average molecular weight is 220 g/mol. The molecule has 0 amide bonds. The Hall–Kier alpha value is -0.900. The molecular weight excluding hydrogens is 200 g/mol. The van der Waals surface area contributed by atoms with Crippen LogP contribution in [-0.4, -0.2) is 21.3 Å². The van der Waals surface area contributed by atoms with Crippen molar-refractivity contribution in [3.63, 3.8) is 0 Å². The second-order valence-electron chi connectivity index (χ2n) is 5.52. The van der Waals surface area contributed by atoms with Crippen molar-refractivity contribution in [1.29, 1.82) is 0 Å². The summed E-state index contributed by atoms with van der Waals surface area (Å²) < 4.78 is 1.96. The van der Waals surface area contributed by atoms with Crippen molar-refractivity contribution < 1.29 is 0 Å². The van der Waals surface area contributed by atoms with Crippen molar-refractivity contribution in [2.45, 2.75) is 44.4 Å². The normalized spacial score (nSPS) is 23.1. The standard InChI is InChI=1S/C12H20N4/c1-16-10(7-12(8-13)5-2-6-12)14-11(15-16)9-3-4-9/h9H,2-8,13H2,1H3. The summed E-state index contributed by atoms with van der Waals surface area (Å²) in [5.74, 6) is 2.84. The fraction of sp³-hybridized carbons (Fsp3) is 0.833. The lowest BCUT2D eigenvalue weighted by Gasteiger charge is -2.40. The molecule has 0 unspecified atom stereocenters. The third-order valence-electron chi connectivity index (χ3n) is 4.19. The quantitative estimate of drug-likeness (QED) is 0.833. The van der Waals surface area contributed by atoms with Crippen LogP contribution in [0.3, 0.4) is 0 Å². The molecule has 2 aliphatic carbocycles. The molecule has 0 bridgehead atoms. The SMILES string of the molecule is Cn1nc(C2CC2)nc1CC1(CN)CCC1. The zero-order valence-corrected chi connectivity index (χ0v) is 9.95. The Kier molecular flexibility index (Phi) is 2.28. The van der Waals surface area contributed by atoms with E-state index in [1.54, 1.807) is 0 Å². The van der Waals surface area contributed by atoms with Gasteiger partial charge in [-0.25, -0.2) is 4.98 Å². The van der Waals surface area contributed by atoms with Crippen molar-refractivity contribution in [1.82, 2.24) is 14.8 Å². The molecular formula is C12H20N4. The molecule has 0 spiro atoms. The number of rotatable bonds is 4. The second kappa shape index (κ2) is 3.55. The van der Waals surface area contributed by atoms with Crippen LogP contribution >= 0.6 is 0 Å². The first-order chi connectivity index (χ1) is 7.72. The summed E-state index contributed by atoms with van der Waals surface area (Å²) in [6, 6.07) is 0. The van der Waals surface area contributed by atoms with E-state index in [0.29, 0.717) is 11.3 Å². The molecule has 4 heteroatoms. The smallest absolute Gasteiger partial charge is 0.154 e. The van der Waals surface area contributed by atoms with Crippen LogP contribution in [-0.2, 0) is 13.5 Å². The van der Waals surface area contributed by atoms with Gasteiger partial charge in [0.1, 0.15) is 5.82 Å². The fourth-order valence-electron chi connectivity index (χ4n) is 2.57. The van der Waals surface area contributed by atoms with Gasteiger partial charge in [-0.05, 0) is 37.6 Å². The van der Waals surface area contributed by atoms with Gasteiger partial charge in [-0.2, -0.15) is 5.10 Å². The van der Waals surface area contributed by atoms with Crippen LogP contribution in [0.5, 0.6) is 0 Å². The maximum absolute atomic E-state index is 5.89. The summed E-state index contributed by atoms with van der Waals surface area (Å²) in [7, 11) is 2.01. The molecule has 2 aliphatic rings. The topological polar surface area (TPSA) is 56.7 Å². The predicted octanol–water partition coefficient (Wildman–Crippen LogP) is 1.36. The molecule has 0 saturated heterocycles. The van der Waals surface area contributed by atoms with Gasteiger partial charge in [-0.15, -0.1) is 0 Å². The molecule has 1 aromatic rings. The molecule has 16 heavy (non-hydrogen) atoms. The van der Waals surface area contributed by atoms with Crippen molar-refractivity contribution in [3.8, 4) is 0 Å². The summed E-state index contributed by atoms with van der Waals surface area (Å²) in [4.78, 5) is 4.68. The monoisotopic (exact) mass is 220 g/mol. The molecule has 2 fully saturated rings. The molecule has 88 valence electrons. The summed E-state index contributed by atoms with van der Waals surface area (Å²) in [6.07, 6.45) is 7.39. The van der Waals surface area contributed by atoms with Gasteiger partial charge in [0.05, 0.1) is 0 Å². The molecule has 0 atom stereocenters. The predicted molar refractivity (Wildman–Crippen MR) is 62.0 cm³/mol. The maximum atomic E-state index is 5.89. The first-order valence-electron chi connectivity index (χ1n) is 6.32. The Balaban J connectivity index is 1.77. The summed E-state index contributed by atoms with van der Waals surface area (Å²) >= 11 is 0. The summed E-state index contributed by atoms with van der Waals surface area (Å²) in [5.41, 5.74) is 6.22. The Morgan fingerprint density at radius 2 is 2.19 bits per heavy atom. The summed E-state index contributed by atoms with van der Waals surface area (Å²) in [6.45, 7) is 0.790. The molecule has 1 aromatic heterocycles. The van der Waals surface area contributed by atoms with Gasteiger partial charge in [0.15, 0.2) is 5.82 Å². The number of aryl methyl sites for hydroxylation is 1. The van der Waals surface area contributed by atoms with Gasteiger partial charge < -0.3 is 5.73 Å². The van der Waals surface area contributed by atoms with Gasteiger partial charge in [0, 0.05) is 19.4 Å². The van der Waals surface area contributed by atoms with E-state index in [9.17, 15) is 0 Å². The zero-order chi connectivity index (χ0) is 11.2. The highest BCUT2D eigenvalue weighted by Crippen LogP contribution is 2.43. The molecule has 1 heterocycles. The minimum Gasteiger partial charge on any atom is -0.330 e. The van der Waals surface area contributed by atoms with Crippen molar-refractivity contribution in [2.75, 3.05) is 6.54 Å². The number of hydrogen-bond acceptors (Lipinski definition) is 3. The molecule has 2 N–H and O–H groups in total. The summed E-state index contributed by atoms with van der Waals surface area (Å²) in [5, 5.41) is 4.51. The van der Waals surface area contributed by atoms with Gasteiger partial charge in [0.25, 0.3) is 0 Å². The number of nitrogens with zero attached hydrogens (tertiary/aromatic N) is 3. The lowest BCUT2D eigenvalue weighted by Crippen LogP contribution is -2.39. The van der Waals surface area contributed by atoms with E-state index in [1.165, 1.54) is 32.1 Å². The van der Waals surface area contributed by atoms with E-state index in [2.05, 4.69) is 10.1 Å². The first kappa shape index (κ1) is 10.3. The Morgan fingerprint density at radius 1 is 1.44 bits per heavy atom. The van der Waals surface area contributed by atoms with Gasteiger partial charge in [-0.3, -0.25) is 4.68 Å². The minimum absolute atomic E-state index is 0.335. The van der Waals surface area contributed by atoms with E-state index >= 15 is 0 Å². The van der Waals surface area contributed by atoms with Gasteiger partial charge in [0.2, 0.25) is 0 Å². The average Bonchev–Trinajstić information content (AvgIpc) is 2.99. The fourth-order valence-corrected chi connectivity index (χ4v) is 2.57. The minimum atomic E-state index is 0.335. The van der Waals surface area contributed by atoms with Crippen LogP contribution in [0.1, 0.15) is 49.7 Å². The van der Waals surface area contributed by atoms with E-state index in [1.807, 2.05) is 11.7 Å². The van der Waals surface area contributed by atoms with Crippen LogP contribution in [0.2, 0.25) is 0 Å². The number of nitrogens with two attached hydrogens (primary N) is 1. The third kappa shape index (κ3) is 1.65. The number of hydrogen-bond donors (Lipinski definition) is 1. The number of aromatic nitrogens is 3. The van der Waals surface area contributed by atoms with Crippen LogP contribution < -0.4 is 5.73 Å². The van der Waals surface area contributed by atoms with Crippen molar-refractivity contribution >= 4 is 0 Å². The van der Waals surface area contributed by atoms with E-state index in [0.717, 1.165) is 24.6 Å². The van der Waals surface area contributed by atoms with Crippen LogP contribution in [0.4, 0.5) is 0 Å². The molecule has 0 radical (unpaired) electrons. The second-order valence-corrected chi connectivity index (χ2v) is 5.52. The lowest BCUT2D eigenvalue weighted by atomic mass is 9.66. The molecule has 0 aromatic carbocycles. The van der Waals surface area contributed by atoms with Crippen molar-refractivity contribution in [2.24, 2.45) is 18.2 Å². The third-order valence-corrected chi connectivity index (χ3v) is 4.19. The molecule has 4 nitrogen and oxygen atoms in total.